The Bertz CT molecular complexity index is 1500. The minimum absolute atomic E-state index is 0.00726. The molecular weight excluding hydrogens is 508 g/mol. The molecule has 3 aliphatic heterocycles. The predicted molar refractivity (Wildman–Crippen MR) is 138 cm³/mol. The number of rotatable bonds is 6. The normalized spacial score (nSPS) is 19.2. The molecule has 3 aromatic rings. The molecule has 0 saturated heterocycles. The number of carbonyl (C=O) groups is 1. The van der Waals surface area contributed by atoms with E-state index in [-0.39, 0.29) is 12.5 Å². The summed E-state index contributed by atoms with van der Waals surface area (Å²) in [5.74, 6) is 1.74. The summed E-state index contributed by atoms with van der Waals surface area (Å²) in [7, 11) is 6.54. The molecule has 2 atom stereocenters. The SMILES string of the molecule is COc1ccc2c(c1OC)C(=O)O[C@@H]2[C@H]1c2c(c(-c3ccc([N+](=O)[O-])cc3)c3c(c2OC)OCO3)CCN1C. The zero-order chi connectivity index (χ0) is 27.4. The summed E-state index contributed by atoms with van der Waals surface area (Å²) in [4.78, 5) is 26.2. The monoisotopic (exact) mass is 534 g/mol. The molecule has 202 valence electrons. The summed E-state index contributed by atoms with van der Waals surface area (Å²) in [5, 5.41) is 11.3. The molecule has 0 aliphatic carbocycles. The lowest BCUT2D eigenvalue weighted by atomic mass is 9.81. The summed E-state index contributed by atoms with van der Waals surface area (Å²) < 4.78 is 34.7. The number of benzene rings is 3. The zero-order valence-corrected chi connectivity index (χ0v) is 21.8. The molecule has 3 aromatic carbocycles. The first-order valence-corrected chi connectivity index (χ1v) is 12.3. The van der Waals surface area contributed by atoms with Gasteiger partial charge in [0.15, 0.2) is 23.0 Å². The van der Waals surface area contributed by atoms with Gasteiger partial charge in [0.05, 0.1) is 32.3 Å². The first-order valence-electron chi connectivity index (χ1n) is 12.3. The van der Waals surface area contributed by atoms with Crippen LogP contribution in [0.25, 0.3) is 11.1 Å². The highest BCUT2D eigenvalue weighted by Crippen LogP contribution is 2.58. The lowest BCUT2D eigenvalue weighted by molar-refractivity contribution is -0.384. The van der Waals surface area contributed by atoms with E-state index in [9.17, 15) is 14.9 Å². The number of carbonyl (C=O) groups excluding carboxylic acids is 1. The van der Waals surface area contributed by atoms with E-state index >= 15 is 0 Å². The molecule has 0 N–H and O–H groups in total. The van der Waals surface area contributed by atoms with E-state index in [2.05, 4.69) is 4.90 Å². The molecule has 6 rings (SSSR count). The van der Waals surface area contributed by atoms with Crippen LogP contribution >= 0.6 is 0 Å². The summed E-state index contributed by atoms with van der Waals surface area (Å²) in [6, 6.07) is 9.50. The van der Waals surface area contributed by atoms with Gasteiger partial charge in [0.1, 0.15) is 11.7 Å². The number of nitrogens with zero attached hydrogens (tertiary/aromatic N) is 2. The Morgan fingerprint density at radius 2 is 1.67 bits per heavy atom. The lowest BCUT2D eigenvalue weighted by Crippen LogP contribution is -2.36. The number of methoxy groups -OCH3 is 3. The summed E-state index contributed by atoms with van der Waals surface area (Å²) in [5.41, 5.74) is 4.29. The van der Waals surface area contributed by atoms with Crippen LogP contribution in [0.1, 0.15) is 39.2 Å². The van der Waals surface area contributed by atoms with Crippen LogP contribution in [0.2, 0.25) is 0 Å². The number of likely N-dealkylation sites (N-methyl/N-ethyl adjacent to an activating group) is 1. The highest BCUT2D eigenvalue weighted by atomic mass is 16.7. The fourth-order valence-electron chi connectivity index (χ4n) is 5.89. The van der Waals surface area contributed by atoms with Crippen LogP contribution in [0.15, 0.2) is 36.4 Å². The largest absolute Gasteiger partial charge is 0.493 e. The minimum atomic E-state index is -0.671. The fraction of sp³-hybridized carbons (Fsp3) is 0.321. The number of nitro groups is 1. The molecule has 11 heteroatoms. The van der Waals surface area contributed by atoms with Crippen molar-refractivity contribution >= 4 is 11.7 Å². The Balaban J connectivity index is 1.58. The molecule has 0 unspecified atom stereocenters. The number of hydrogen-bond donors (Lipinski definition) is 0. The van der Waals surface area contributed by atoms with Gasteiger partial charge in [-0.25, -0.2) is 4.79 Å². The Labute approximate surface area is 223 Å². The maximum Gasteiger partial charge on any atom is 0.343 e. The van der Waals surface area contributed by atoms with Gasteiger partial charge in [0, 0.05) is 35.4 Å². The third kappa shape index (κ3) is 3.64. The van der Waals surface area contributed by atoms with E-state index in [1.807, 2.05) is 13.1 Å². The number of ether oxygens (including phenoxy) is 6. The van der Waals surface area contributed by atoms with Crippen molar-refractivity contribution in [1.29, 1.82) is 0 Å². The highest BCUT2D eigenvalue weighted by Gasteiger charge is 2.47. The topological polar surface area (TPSA) is 119 Å². The molecule has 11 nitrogen and oxygen atoms in total. The number of non-ortho nitro benzene ring substituents is 1. The second kappa shape index (κ2) is 9.35. The van der Waals surface area contributed by atoms with Gasteiger partial charge in [-0.15, -0.1) is 0 Å². The molecule has 0 fully saturated rings. The van der Waals surface area contributed by atoms with Gasteiger partial charge in [-0.1, -0.05) is 6.07 Å². The van der Waals surface area contributed by atoms with Crippen molar-refractivity contribution in [2.75, 3.05) is 41.7 Å². The molecule has 3 aliphatic rings. The second-order valence-electron chi connectivity index (χ2n) is 9.44. The Morgan fingerprint density at radius 3 is 2.33 bits per heavy atom. The van der Waals surface area contributed by atoms with Gasteiger partial charge < -0.3 is 28.4 Å². The minimum Gasteiger partial charge on any atom is -0.493 e. The van der Waals surface area contributed by atoms with Crippen molar-refractivity contribution in [3.05, 3.63) is 68.8 Å². The molecule has 0 saturated carbocycles. The highest BCUT2D eigenvalue weighted by molar-refractivity contribution is 5.98. The third-order valence-electron chi connectivity index (χ3n) is 7.58. The number of cyclic esters (lactones) is 1. The molecular formula is C28H26N2O9. The van der Waals surface area contributed by atoms with Crippen molar-refractivity contribution in [3.8, 4) is 39.9 Å². The van der Waals surface area contributed by atoms with Gasteiger partial charge in [-0.2, -0.15) is 0 Å². The molecule has 0 spiro atoms. The molecule has 3 heterocycles. The Kier molecular flexibility index (Phi) is 5.95. The predicted octanol–water partition coefficient (Wildman–Crippen LogP) is 4.46. The average Bonchev–Trinajstić information content (AvgIpc) is 3.56. The number of esters is 1. The van der Waals surface area contributed by atoms with Crippen molar-refractivity contribution in [1.82, 2.24) is 4.90 Å². The molecule has 0 radical (unpaired) electrons. The van der Waals surface area contributed by atoms with Crippen molar-refractivity contribution in [3.63, 3.8) is 0 Å². The Hall–Kier alpha value is -4.51. The van der Waals surface area contributed by atoms with Crippen LogP contribution in [0, 0.1) is 10.1 Å². The van der Waals surface area contributed by atoms with Gasteiger partial charge >= 0.3 is 5.97 Å². The number of nitro benzene ring substituents is 1. The molecule has 0 aromatic heterocycles. The molecule has 39 heavy (non-hydrogen) atoms. The molecule has 0 bridgehead atoms. The summed E-state index contributed by atoms with van der Waals surface area (Å²) in [6.45, 7) is 0.657. The maximum atomic E-state index is 13.2. The Morgan fingerprint density at radius 1 is 0.949 bits per heavy atom. The average molecular weight is 535 g/mol. The first kappa shape index (κ1) is 24.8. The van der Waals surface area contributed by atoms with Crippen LogP contribution in [-0.4, -0.2) is 57.5 Å². The van der Waals surface area contributed by atoms with E-state index in [0.717, 1.165) is 22.3 Å². The van der Waals surface area contributed by atoms with Crippen molar-refractivity contribution in [2.45, 2.75) is 18.6 Å². The van der Waals surface area contributed by atoms with E-state index in [1.165, 1.54) is 26.4 Å². The maximum absolute atomic E-state index is 13.2. The van der Waals surface area contributed by atoms with E-state index in [1.54, 1.807) is 25.3 Å². The van der Waals surface area contributed by atoms with E-state index < -0.39 is 23.0 Å². The van der Waals surface area contributed by atoms with Crippen LogP contribution in [0.3, 0.4) is 0 Å². The number of hydrogen-bond acceptors (Lipinski definition) is 10. The van der Waals surface area contributed by atoms with Crippen LogP contribution in [0.4, 0.5) is 5.69 Å². The van der Waals surface area contributed by atoms with Crippen molar-refractivity contribution < 1.29 is 38.1 Å². The van der Waals surface area contributed by atoms with E-state index in [0.29, 0.717) is 52.8 Å². The van der Waals surface area contributed by atoms with Crippen LogP contribution in [-0.2, 0) is 11.2 Å². The third-order valence-corrected chi connectivity index (χ3v) is 7.58. The van der Waals surface area contributed by atoms with E-state index in [4.69, 9.17) is 28.4 Å². The van der Waals surface area contributed by atoms with Gasteiger partial charge in [0.25, 0.3) is 5.69 Å². The van der Waals surface area contributed by atoms with Gasteiger partial charge in [-0.05, 0) is 42.8 Å². The van der Waals surface area contributed by atoms with Crippen LogP contribution < -0.4 is 23.7 Å². The van der Waals surface area contributed by atoms with Gasteiger partial charge in [-0.3, -0.25) is 15.0 Å². The zero-order valence-electron chi connectivity index (χ0n) is 21.8. The lowest BCUT2D eigenvalue weighted by Gasteiger charge is -2.39. The number of fused-ring (bicyclic) bond motifs is 3. The second-order valence-corrected chi connectivity index (χ2v) is 9.44. The first-order chi connectivity index (χ1) is 18.9. The van der Waals surface area contributed by atoms with Gasteiger partial charge in [0.2, 0.25) is 12.5 Å². The van der Waals surface area contributed by atoms with Crippen molar-refractivity contribution in [2.24, 2.45) is 0 Å². The molecule has 0 amide bonds. The summed E-state index contributed by atoms with van der Waals surface area (Å²) >= 11 is 0. The smallest absolute Gasteiger partial charge is 0.343 e. The van der Waals surface area contributed by atoms with Crippen LogP contribution in [0.5, 0.6) is 28.7 Å². The summed E-state index contributed by atoms with van der Waals surface area (Å²) in [6.07, 6.45) is -0.0310. The fourth-order valence-corrected chi connectivity index (χ4v) is 5.89. The quantitative estimate of drug-likeness (QED) is 0.255. The standard InChI is InChI=1S/C28H26N2O9/c1-29-12-11-16-19(14-5-7-15(8-6-14)30(32)33)26-27(38-13-37-26)25(36-4)20(16)22(29)23-17-9-10-18(34-2)24(35-3)21(17)28(31)39-23/h5-10,22-23H,11-13H2,1-4H3/t22-,23+/m1/s1.